The molecular formula is C13H20N2O. The predicted molar refractivity (Wildman–Crippen MR) is 65.6 cm³/mol. The monoisotopic (exact) mass is 220 g/mol. The molecule has 0 amide bonds. The molecule has 16 heavy (non-hydrogen) atoms. The van der Waals surface area contributed by atoms with Crippen molar-refractivity contribution < 1.29 is 4.74 Å². The summed E-state index contributed by atoms with van der Waals surface area (Å²) in [4.78, 5) is 4.19. The minimum Gasteiger partial charge on any atom is -0.381 e. The zero-order valence-electron chi connectivity index (χ0n) is 10.1. The summed E-state index contributed by atoms with van der Waals surface area (Å²) in [5.41, 5.74) is 2.34. The van der Waals surface area contributed by atoms with Crippen molar-refractivity contribution in [1.29, 1.82) is 0 Å². The van der Waals surface area contributed by atoms with Crippen LogP contribution in [0.1, 0.15) is 31.2 Å². The summed E-state index contributed by atoms with van der Waals surface area (Å²) in [6.07, 6.45) is 8.94. The summed E-state index contributed by atoms with van der Waals surface area (Å²) in [7, 11) is 1.81. The van der Waals surface area contributed by atoms with E-state index in [1.54, 1.807) is 0 Å². The molecule has 1 aromatic rings. The molecule has 0 atom stereocenters. The molecule has 1 fully saturated rings. The van der Waals surface area contributed by atoms with Gasteiger partial charge in [-0.15, -0.1) is 0 Å². The molecular weight excluding hydrogens is 200 g/mol. The van der Waals surface area contributed by atoms with Crippen molar-refractivity contribution in [2.75, 3.05) is 12.4 Å². The van der Waals surface area contributed by atoms with Crippen molar-refractivity contribution in [2.45, 2.75) is 44.8 Å². The van der Waals surface area contributed by atoms with E-state index in [2.05, 4.69) is 23.3 Å². The topological polar surface area (TPSA) is 34.1 Å². The second-order valence-electron chi connectivity index (χ2n) is 4.60. The Kier molecular flexibility index (Phi) is 3.78. The normalized spacial score (nSPS) is 25.4. The number of nitrogens with one attached hydrogen (secondary N) is 1. The fourth-order valence-corrected chi connectivity index (χ4v) is 2.31. The van der Waals surface area contributed by atoms with Gasteiger partial charge in [0.2, 0.25) is 0 Å². The Morgan fingerprint density at radius 2 is 2.00 bits per heavy atom. The van der Waals surface area contributed by atoms with Crippen LogP contribution in [-0.4, -0.2) is 24.2 Å². The number of aryl methyl sites for hydroxylation is 1. The molecule has 1 N–H and O–H groups in total. The third-order valence-corrected chi connectivity index (χ3v) is 3.25. The van der Waals surface area contributed by atoms with Gasteiger partial charge in [0.05, 0.1) is 11.8 Å². The highest BCUT2D eigenvalue weighted by Gasteiger charge is 2.20. The molecule has 0 saturated heterocycles. The first-order valence-corrected chi connectivity index (χ1v) is 5.99. The van der Waals surface area contributed by atoms with Gasteiger partial charge >= 0.3 is 0 Å². The number of anilines is 1. The van der Waals surface area contributed by atoms with Gasteiger partial charge in [0.25, 0.3) is 0 Å². The van der Waals surface area contributed by atoms with Gasteiger partial charge in [-0.3, -0.25) is 4.98 Å². The van der Waals surface area contributed by atoms with Gasteiger partial charge in [-0.1, -0.05) is 0 Å². The summed E-state index contributed by atoms with van der Waals surface area (Å²) in [5.74, 6) is 0. The Bertz CT molecular complexity index is 332. The number of methoxy groups -OCH3 is 1. The van der Waals surface area contributed by atoms with E-state index in [1.165, 1.54) is 18.4 Å². The number of pyridine rings is 1. The van der Waals surface area contributed by atoms with Crippen LogP contribution in [0.5, 0.6) is 0 Å². The smallest absolute Gasteiger partial charge is 0.0572 e. The summed E-state index contributed by atoms with van der Waals surface area (Å²) >= 11 is 0. The molecule has 3 heteroatoms. The van der Waals surface area contributed by atoms with Crippen LogP contribution < -0.4 is 5.32 Å². The van der Waals surface area contributed by atoms with Crippen LogP contribution in [0, 0.1) is 6.92 Å². The number of hydrogen-bond acceptors (Lipinski definition) is 3. The minimum atomic E-state index is 0.466. The lowest BCUT2D eigenvalue weighted by atomic mass is 9.93. The van der Waals surface area contributed by atoms with Gasteiger partial charge in [-0.2, -0.15) is 0 Å². The number of ether oxygens (including phenoxy) is 1. The Labute approximate surface area is 97.2 Å². The standard InChI is InChI=1S/C13H20N2O/c1-10-7-12(9-14-8-10)15-11-3-5-13(16-2)6-4-11/h7-9,11,13,15H,3-6H2,1-2H3. The molecule has 0 unspecified atom stereocenters. The fraction of sp³-hybridized carbons (Fsp3) is 0.615. The van der Waals surface area contributed by atoms with E-state index >= 15 is 0 Å². The maximum atomic E-state index is 5.37. The fourth-order valence-electron chi connectivity index (χ4n) is 2.31. The van der Waals surface area contributed by atoms with E-state index in [1.807, 2.05) is 19.5 Å². The molecule has 0 aromatic carbocycles. The van der Waals surface area contributed by atoms with Crippen molar-refractivity contribution >= 4 is 5.69 Å². The summed E-state index contributed by atoms with van der Waals surface area (Å²) in [6.45, 7) is 2.07. The first-order chi connectivity index (χ1) is 7.78. The highest BCUT2D eigenvalue weighted by molar-refractivity contribution is 5.43. The van der Waals surface area contributed by atoms with E-state index < -0.39 is 0 Å². The Morgan fingerprint density at radius 1 is 1.25 bits per heavy atom. The first kappa shape index (κ1) is 11.4. The largest absolute Gasteiger partial charge is 0.381 e. The second kappa shape index (κ2) is 5.30. The molecule has 1 aliphatic rings. The molecule has 1 heterocycles. The van der Waals surface area contributed by atoms with Crippen molar-refractivity contribution in [3.8, 4) is 0 Å². The average Bonchev–Trinajstić information content (AvgIpc) is 2.30. The van der Waals surface area contributed by atoms with Crippen molar-refractivity contribution in [1.82, 2.24) is 4.98 Å². The van der Waals surface area contributed by atoms with Crippen LogP contribution in [0.3, 0.4) is 0 Å². The van der Waals surface area contributed by atoms with Crippen LogP contribution in [0.4, 0.5) is 5.69 Å². The molecule has 1 aliphatic carbocycles. The first-order valence-electron chi connectivity index (χ1n) is 5.99. The quantitative estimate of drug-likeness (QED) is 0.850. The predicted octanol–water partition coefficient (Wildman–Crippen LogP) is 2.76. The van der Waals surface area contributed by atoms with E-state index in [-0.39, 0.29) is 0 Å². The molecule has 0 bridgehead atoms. The molecule has 88 valence electrons. The van der Waals surface area contributed by atoms with Crippen LogP contribution in [0.15, 0.2) is 18.5 Å². The van der Waals surface area contributed by atoms with Gasteiger partial charge in [-0.05, 0) is 44.2 Å². The second-order valence-corrected chi connectivity index (χ2v) is 4.60. The summed E-state index contributed by atoms with van der Waals surface area (Å²) in [6, 6.07) is 2.73. The third-order valence-electron chi connectivity index (χ3n) is 3.25. The van der Waals surface area contributed by atoms with Gasteiger partial charge < -0.3 is 10.1 Å². The number of hydrogen-bond donors (Lipinski definition) is 1. The number of nitrogens with zero attached hydrogens (tertiary/aromatic N) is 1. The van der Waals surface area contributed by atoms with Gasteiger partial charge in [0.1, 0.15) is 0 Å². The Morgan fingerprint density at radius 3 is 2.62 bits per heavy atom. The van der Waals surface area contributed by atoms with Crippen molar-refractivity contribution in [3.05, 3.63) is 24.0 Å². The number of rotatable bonds is 3. The van der Waals surface area contributed by atoms with Gasteiger partial charge in [0.15, 0.2) is 0 Å². The SMILES string of the molecule is COC1CCC(Nc2cncc(C)c2)CC1. The highest BCUT2D eigenvalue weighted by atomic mass is 16.5. The van der Waals surface area contributed by atoms with Crippen LogP contribution in [0.2, 0.25) is 0 Å². The van der Waals surface area contributed by atoms with Crippen molar-refractivity contribution in [3.63, 3.8) is 0 Å². The van der Waals surface area contributed by atoms with Crippen molar-refractivity contribution in [2.24, 2.45) is 0 Å². The zero-order chi connectivity index (χ0) is 11.4. The van der Waals surface area contributed by atoms with Gasteiger partial charge in [0, 0.05) is 25.5 Å². The molecule has 1 aromatic heterocycles. The summed E-state index contributed by atoms with van der Waals surface area (Å²) in [5, 5.41) is 3.55. The average molecular weight is 220 g/mol. The molecule has 3 nitrogen and oxygen atoms in total. The Hall–Kier alpha value is -1.09. The van der Waals surface area contributed by atoms with Crippen LogP contribution in [-0.2, 0) is 4.74 Å². The lowest BCUT2D eigenvalue weighted by Crippen LogP contribution is -2.29. The van der Waals surface area contributed by atoms with E-state index in [9.17, 15) is 0 Å². The maximum Gasteiger partial charge on any atom is 0.0572 e. The van der Waals surface area contributed by atoms with Crippen LogP contribution in [0.25, 0.3) is 0 Å². The lowest BCUT2D eigenvalue weighted by Gasteiger charge is -2.28. The van der Waals surface area contributed by atoms with E-state index in [0.717, 1.165) is 18.5 Å². The molecule has 0 aliphatic heterocycles. The maximum absolute atomic E-state index is 5.37. The summed E-state index contributed by atoms with van der Waals surface area (Å²) < 4.78 is 5.37. The minimum absolute atomic E-state index is 0.466. The highest BCUT2D eigenvalue weighted by Crippen LogP contribution is 2.23. The zero-order valence-corrected chi connectivity index (χ0v) is 10.1. The molecule has 2 rings (SSSR count). The molecule has 0 spiro atoms. The molecule has 1 saturated carbocycles. The molecule has 0 radical (unpaired) electrons. The number of aromatic nitrogens is 1. The van der Waals surface area contributed by atoms with Crippen LogP contribution >= 0.6 is 0 Å². The Balaban J connectivity index is 1.87. The van der Waals surface area contributed by atoms with Gasteiger partial charge in [-0.25, -0.2) is 0 Å². The van der Waals surface area contributed by atoms with E-state index in [0.29, 0.717) is 12.1 Å². The lowest BCUT2D eigenvalue weighted by molar-refractivity contribution is 0.0682. The van der Waals surface area contributed by atoms with E-state index in [4.69, 9.17) is 4.74 Å². The third kappa shape index (κ3) is 2.95.